The molecule has 0 aliphatic carbocycles. The fourth-order valence-electron chi connectivity index (χ4n) is 3.14. The minimum Gasteiger partial charge on any atom is -0.383 e. The Kier molecular flexibility index (Phi) is 5.60. The number of amides is 2. The molecule has 0 saturated carbocycles. The Morgan fingerprint density at radius 1 is 1.32 bits per heavy atom. The molecule has 6 heteroatoms. The average molecular weight is 357 g/mol. The Morgan fingerprint density at radius 3 is 2.88 bits per heavy atom. The van der Waals surface area contributed by atoms with Gasteiger partial charge in [-0.05, 0) is 36.6 Å². The summed E-state index contributed by atoms with van der Waals surface area (Å²) in [6.45, 7) is 3.45. The zero-order valence-electron chi connectivity index (χ0n) is 14.3. The third-order valence-electron chi connectivity index (χ3n) is 4.45. The maximum Gasteiger partial charge on any atom is 0.317 e. The van der Waals surface area contributed by atoms with Gasteiger partial charge in [0.25, 0.3) is 0 Å². The molecule has 2 aromatic rings. The molecule has 2 heterocycles. The van der Waals surface area contributed by atoms with Crippen LogP contribution in [0.3, 0.4) is 0 Å². The number of nitrogens with one attached hydrogen (secondary N) is 1. The van der Waals surface area contributed by atoms with Gasteiger partial charge in [0.1, 0.15) is 5.60 Å². The number of rotatable bonds is 5. The van der Waals surface area contributed by atoms with E-state index in [9.17, 15) is 9.90 Å². The third kappa shape index (κ3) is 4.32. The zero-order chi connectivity index (χ0) is 17.7. The van der Waals surface area contributed by atoms with Crippen molar-refractivity contribution in [2.75, 3.05) is 25.4 Å². The number of thioether (sulfide) groups is 1. The van der Waals surface area contributed by atoms with Gasteiger partial charge in [-0.2, -0.15) is 0 Å². The molecule has 1 atom stereocenters. The van der Waals surface area contributed by atoms with Gasteiger partial charge in [-0.3, -0.25) is 0 Å². The number of carbonyl (C=O) groups excluding carboxylic acids is 1. The first kappa shape index (κ1) is 17.8. The minimum atomic E-state index is -0.953. The van der Waals surface area contributed by atoms with Crippen LogP contribution in [0.2, 0.25) is 0 Å². The van der Waals surface area contributed by atoms with E-state index in [1.165, 1.54) is 0 Å². The summed E-state index contributed by atoms with van der Waals surface area (Å²) in [4.78, 5) is 18.3. The highest BCUT2D eigenvalue weighted by atomic mass is 32.2. The van der Waals surface area contributed by atoms with E-state index < -0.39 is 5.60 Å². The molecule has 132 valence electrons. The van der Waals surface area contributed by atoms with Gasteiger partial charge in [-0.15, -0.1) is 11.8 Å². The van der Waals surface area contributed by atoms with Gasteiger partial charge in [0, 0.05) is 25.0 Å². The van der Waals surface area contributed by atoms with Gasteiger partial charge in [0.05, 0.1) is 11.6 Å². The summed E-state index contributed by atoms with van der Waals surface area (Å²) < 4.78 is 0. The summed E-state index contributed by atoms with van der Waals surface area (Å²) in [6, 6.07) is 13.5. The average Bonchev–Trinajstić information content (AvgIpc) is 3.03. The predicted octanol–water partition coefficient (Wildman–Crippen LogP) is 2.79. The number of hydrogen-bond donors (Lipinski definition) is 2. The number of aliphatic hydroxyl groups is 1. The molecule has 3 rings (SSSR count). The second kappa shape index (κ2) is 7.89. The van der Waals surface area contributed by atoms with Crippen molar-refractivity contribution in [3.8, 4) is 0 Å². The van der Waals surface area contributed by atoms with Crippen molar-refractivity contribution in [3.05, 3.63) is 59.8 Å². The normalized spacial score (nSPS) is 19.8. The number of benzene rings is 1. The first-order valence-corrected chi connectivity index (χ1v) is 9.42. The first-order chi connectivity index (χ1) is 12.1. The Labute approximate surface area is 152 Å². The van der Waals surface area contributed by atoms with Crippen LogP contribution in [0.4, 0.5) is 4.79 Å². The van der Waals surface area contributed by atoms with E-state index in [-0.39, 0.29) is 6.03 Å². The molecule has 1 fully saturated rings. The predicted molar refractivity (Wildman–Crippen MR) is 99.6 cm³/mol. The van der Waals surface area contributed by atoms with E-state index in [4.69, 9.17) is 0 Å². The standard InChI is InChI=1S/C19H23N3O2S/c1-15-6-2-3-7-16(15)19(24)9-12-22(14-19)18(23)21-11-13-25-17-8-4-5-10-20-17/h2-8,10,24H,9,11-14H2,1H3,(H,21,23). The number of hydrogen-bond acceptors (Lipinski definition) is 4. The number of aromatic nitrogens is 1. The Balaban J connectivity index is 1.48. The van der Waals surface area contributed by atoms with E-state index in [0.717, 1.165) is 21.9 Å². The summed E-state index contributed by atoms with van der Waals surface area (Å²) in [5, 5.41) is 14.8. The number of carbonyl (C=O) groups is 1. The first-order valence-electron chi connectivity index (χ1n) is 8.44. The monoisotopic (exact) mass is 357 g/mol. The Bertz CT molecular complexity index is 726. The second-order valence-corrected chi connectivity index (χ2v) is 7.38. The van der Waals surface area contributed by atoms with Crippen LogP contribution in [0.5, 0.6) is 0 Å². The van der Waals surface area contributed by atoms with Crippen molar-refractivity contribution in [1.29, 1.82) is 0 Å². The number of pyridine rings is 1. The van der Waals surface area contributed by atoms with Crippen LogP contribution in [0, 0.1) is 6.92 Å². The molecule has 1 aliphatic heterocycles. The number of nitrogens with zero attached hydrogens (tertiary/aromatic N) is 2. The second-order valence-electron chi connectivity index (χ2n) is 6.27. The molecule has 25 heavy (non-hydrogen) atoms. The molecule has 0 radical (unpaired) electrons. The van der Waals surface area contributed by atoms with Crippen molar-refractivity contribution in [3.63, 3.8) is 0 Å². The van der Waals surface area contributed by atoms with Gasteiger partial charge in [-0.1, -0.05) is 30.3 Å². The van der Waals surface area contributed by atoms with Gasteiger partial charge in [0.2, 0.25) is 0 Å². The van der Waals surface area contributed by atoms with E-state index in [2.05, 4.69) is 10.3 Å². The Morgan fingerprint density at radius 2 is 2.12 bits per heavy atom. The van der Waals surface area contributed by atoms with Crippen LogP contribution in [-0.2, 0) is 5.60 Å². The minimum absolute atomic E-state index is 0.119. The van der Waals surface area contributed by atoms with Crippen molar-refractivity contribution in [2.45, 2.75) is 24.0 Å². The van der Waals surface area contributed by atoms with Crippen molar-refractivity contribution < 1.29 is 9.90 Å². The summed E-state index contributed by atoms with van der Waals surface area (Å²) >= 11 is 1.61. The SMILES string of the molecule is Cc1ccccc1C1(O)CCN(C(=O)NCCSc2ccccn2)C1. The summed E-state index contributed by atoms with van der Waals surface area (Å²) in [5.74, 6) is 0.763. The van der Waals surface area contributed by atoms with Crippen molar-refractivity contribution >= 4 is 17.8 Å². The maximum atomic E-state index is 12.3. The highest BCUT2D eigenvalue weighted by Gasteiger charge is 2.40. The van der Waals surface area contributed by atoms with Gasteiger partial charge < -0.3 is 15.3 Å². The molecule has 0 spiro atoms. The van der Waals surface area contributed by atoms with Gasteiger partial charge in [0.15, 0.2) is 0 Å². The van der Waals surface area contributed by atoms with Crippen molar-refractivity contribution in [1.82, 2.24) is 15.2 Å². The quantitative estimate of drug-likeness (QED) is 0.638. The topological polar surface area (TPSA) is 65.5 Å². The lowest BCUT2D eigenvalue weighted by atomic mass is 9.89. The van der Waals surface area contributed by atoms with E-state index in [1.807, 2.05) is 49.4 Å². The summed E-state index contributed by atoms with van der Waals surface area (Å²) in [6.07, 6.45) is 2.32. The van der Waals surface area contributed by atoms with Crippen LogP contribution < -0.4 is 5.32 Å². The smallest absolute Gasteiger partial charge is 0.317 e. The summed E-state index contributed by atoms with van der Waals surface area (Å²) in [5.41, 5.74) is 1.01. The maximum absolute atomic E-state index is 12.3. The van der Waals surface area contributed by atoms with E-state index in [1.54, 1.807) is 22.9 Å². The Hall–Kier alpha value is -2.05. The zero-order valence-corrected chi connectivity index (χ0v) is 15.1. The van der Waals surface area contributed by atoms with E-state index >= 15 is 0 Å². The molecule has 1 aromatic heterocycles. The highest BCUT2D eigenvalue weighted by Crippen LogP contribution is 2.33. The molecule has 5 nitrogen and oxygen atoms in total. The molecule has 1 unspecified atom stereocenters. The molecular weight excluding hydrogens is 334 g/mol. The number of urea groups is 1. The number of aryl methyl sites for hydroxylation is 1. The van der Waals surface area contributed by atoms with Crippen LogP contribution in [0.25, 0.3) is 0 Å². The molecule has 2 amide bonds. The molecule has 1 aromatic carbocycles. The third-order valence-corrected chi connectivity index (χ3v) is 5.39. The molecule has 2 N–H and O–H groups in total. The fraction of sp³-hybridized carbons (Fsp3) is 0.368. The lowest BCUT2D eigenvalue weighted by Crippen LogP contribution is -2.41. The fourth-order valence-corrected chi connectivity index (χ4v) is 3.86. The van der Waals surface area contributed by atoms with Crippen LogP contribution in [0.15, 0.2) is 53.7 Å². The van der Waals surface area contributed by atoms with Gasteiger partial charge in [-0.25, -0.2) is 9.78 Å². The highest BCUT2D eigenvalue weighted by molar-refractivity contribution is 7.99. The molecule has 1 aliphatic rings. The number of β-amino-alcohol motifs (C(OH)–C–C–N with tert-alkyl or cyclic N) is 1. The molecule has 0 bridgehead atoms. The van der Waals surface area contributed by atoms with Crippen molar-refractivity contribution in [2.24, 2.45) is 0 Å². The van der Waals surface area contributed by atoms with Gasteiger partial charge >= 0.3 is 6.03 Å². The largest absolute Gasteiger partial charge is 0.383 e. The van der Waals surface area contributed by atoms with E-state index in [0.29, 0.717) is 26.1 Å². The summed E-state index contributed by atoms with van der Waals surface area (Å²) in [7, 11) is 0. The molecule has 1 saturated heterocycles. The van der Waals surface area contributed by atoms with Crippen LogP contribution >= 0.6 is 11.8 Å². The lowest BCUT2D eigenvalue weighted by molar-refractivity contribution is 0.0488. The number of likely N-dealkylation sites (tertiary alicyclic amines) is 1. The molecular formula is C19H23N3O2S. The van der Waals surface area contributed by atoms with Crippen LogP contribution in [-0.4, -0.2) is 46.4 Å². The lowest BCUT2D eigenvalue weighted by Gasteiger charge is -2.25. The van der Waals surface area contributed by atoms with Crippen LogP contribution in [0.1, 0.15) is 17.5 Å².